The van der Waals surface area contributed by atoms with Crippen molar-refractivity contribution < 1.29 is 9.50 Å². The van der Waals surface area contributed by atoms with Gasteiger partial charge in [0, 0.05) is 13.1 Å². The van der Waals surface area contributed by atoms with Gasteiger partial charge >= 0.3 is 0 Å². The van der Waals surface area contributed by atoms with E-state index in [9.17, 15) is 5.11 Å². The molecule has 1 saturated carbocycles. The molecule has 3 rings (SSSR count). The first-order valence-corrected chi connectivity index (χ1v) is 9.36. The monoisotopic (exact) mass is 319 g/mol. The molecule has 1 saturated heterocycles. The number of aromatic hydroxyl groups is 1. The highest BCUT2D eigenvalue weighted by Crippen LogP contribution is 2.38. The van der Waals surface area contributed by atoms with E-state index in [0.717, 1.165) is 25.6 Å². The summed E-state index contributed by atoms with van der Waals surface area (Å²) in [5, 5.41) is 9.57. The van der Waals surface area contributed by atoms with Crippen LogP contribution in [0.2, 0.25) is 0 Å². The van der Waals surface area contributed by atoms with Crippen LogP contribution in [0.4, 0.5) is 4.39 Å². The number of benzene rings is 1. The van der Waals surface area contributed by atoms with Crippen LogP contribution >= 0.6 is 0 Å². The lowest BCUT2D eigenvalue weighted by molar-refractivity contribution is 0.0543. The van der Waals surface area contributed by atoms with Crippen LogP contribution in [-0.4, -0.2) is 29.6 Å². The Morgan fingerprint density at radius 2 is 1.87 bits per heavy atom. The molecule has 0 aromatic heterocycles. The number of rotatable bonds is 5. The molecule has 0 atom stereocenters. The van der Waals surface area contributed by atoms with Crippen molar-refractivity contribution in [2.75, 3.05) is 19.6 Å². The second-order valence-electron chi connectivity index (χ2n) is 7.50. The highest BCUT2D eigenvalue weighted by atomic mass is 19.1. The van der Waals surface area contributed by atoms with Gasteiger partial charge in [-0.25, -0.2) is 4.39 Å². The van der Waals surface area contributed by atoms with Crippen LogP contribution < -0.4 is 0 Å². The maximum atomic E-state index is 15.1. The van der Waals surface area contributed by atoms with Gasteiger partial charge in [-0.3, -0.25) is 0 Å². The van der Waals surface area contributed by atoms with E-state index in [1.807, 2.05) is 0 Å². The Labute approximate surface area is 139 Å². The van der Waals surface area contributed by atoms with Crippen molar-refractivity contribution in [3.05, 3.63) is 29.8 Å². The molecule has 0 bridgehead atoms. The van der Waals surface area contributed by atoms with E-state index >= 15 is 4.39 Å². The zero-order valence-corrected chi connectivity index (χ0v) is 14.1. The molecule has 1 aliphatic carbocycles. The zero-order valence-electron chi connectivity index (χ0n) is 14.1. The molecule has 0 unspecified atom stereocenters. The quantitative estimate of drug-likeness (QED) is 0.824. The summed E-state index contributed by atoms with van der Waals surface area (Å²) in [6, 6.07) is 6.73. The van der Waals surface area contributed by atoms with Crippen molar-refractivity contribution in [1.29, 1.82) is 0 Å². The molecular weight excluding hydrogens is 289 g/mol. The van der Waals surface area contributed by atoms with Crippen molar-refractivity contribution in [3.63, 3.8) is 0 Å². The first-order chi connectivity index (χ1) is 11.2. The number of alkyl halides is 1. The first-order valence-electron chi connectivity index (χ1n) is 9.36. The van der Waals surface area contributed by atoms with E-state index in [1.165, 1.54) is 44.9 Å². The fraction of sp³-hybridized carbons (Fsp3) is 0.700. The van der Waals surface area contributed by atoms with Crippen molar-refractivity contribution >= 4 is 0 Å². The molecule has 1 aromatic rings. The second kappa shape index (κ2) is 7.65. The lowest BCUT2D eigenvalue weighted by Gasteiger charge is -2.37. The Morgan fingerprint density at radius 1 is 1.13 bits per heavy atom. The molecule has 23 heavy (non-hydrogen) atoms. The van der Waals surface area contributed by atoms with Crippen LogP contribution in [0.3, 0.4) is 0 Å². The van der Waals surface area contributed by atoms with Gasteiger partial charge in [0.25, 0.3) is 0 Å². The fourth-order valence-corrected chi connectivity index (χ4v) is 4.28. The predicted molar refractivity (Wildman–Crippen MR) is 92.4 cm³/mol. The molecule has 1 N–H and O–H groups in total. The highest BCUT2D eigenvalue weighted by molar-refractivity contribution is 5.31. The van der Waals surface area contributed by atoms with E-state index in [0.29, 0.717) is 18.4 Å². The fourth-order valence-electron chi connectivity index (χ4n) is 4.28. The minimum atomic E-state index is -1.27. The normalized spacial score (nSPS) is 23.0. The molecule has 0 amide bonds. The number of phenolic OH excluding ortho intramolecular Hbond substituents is 1. The van der Waals surface area contributed by atoms with Crippen molar-refractivity contribution in [2.45, 2.75) is 63.5 Å². The van der Waals surface area contributed by atoms with E-state index in [2.05, 4.69) is 4.90 Å². The van der Waals surface area contributed by atoms with Gasteiger partial charge in [-0.1, -0.05) is 44.2 Å². The minimum Gasteiger partial charge on any atom is -0.508 e. The summed E-state index contributed by atoms with van der Waals surface area (Å²) >= 11 is 0. The molecule has 3 heteroatoms. The standard InChI is InChI=1S/C20H30FNO/c21-20(18-9-4-10-19(23)16-18)11-14-22(15-12-20)13-5-8-17-6-2-1-3-7-17/h4,9-10,16-17,23H,1-3,5-8,11-15H2. The van der Waals surface area contributed by atoms with Crippen molar-refractivity contribution in [3.8, 4) is 5.75 Å². The number of piperidine rings is 1. The molecule has 1 heterocycles. The van der Waals surface area contributed by atoms with Crippen LogP contribution in [0.1, 0.15) is 63.4 Å². The Morgan fingerprint density at radius 3 is 2.57 bits per heavy atom. The highest BCUT2D eigenvalue weighted by Gasteiger charge is 2.36. The summed E-state index contributed by atoms with van der Waals surface area (Å²) in [5.41, 5.74) is -0.627. The van der Waals surface area contributed by atoms with Gasteiger partial charge in [-0.05, 0) is 55.8 Å². The maximum absolute atomic E-state index is 15.1. The van der Waals surface area contributed by atoms with Gasteiger partial charge in [-0.15, -0.1) is 0 Å². The molecule has 0 radical (unpaired) electrons. The van der Waals surface area contributed by atoms with Crippen LogP contribution in [-0.2, 0) is 5.67 Å². The lowest BCUT2D eigenvalue weighted by atomic mass is 9.85. The summed E-state index contributed by atoms with van der Waals surface area (Å²) in [6.07, 6.45) is 10.8. The van der Waals surface area contributed by atoms with Crippen LogP contribution in [0.5, 0.6) is 5.75 Å². The minimum absolute atomic E-state index is 0.162. The average molecular weight is 319 g/mol. The number of nitrogens with zero attached hydrogens (tertiary/aromatic N) is 1. The molecule has 128 valence electrons. The van der Waals surface area contributed by atoms with E-state index in [4.69, 9.17) is 0 Å². The summed E-state index contributed by atoms with van der Waals surface area (Å²) in [6.45, 7) is 2.78. The Kier molecular flexibility index (Phi) is 5.58. The molecule has 2 fully saturated rings. The molecular formula is C20H30FNO. The number of hydrogen-bond donors (Lipinski definition) is 1. The number of likely N-dealkylation sites (tertiary alicyclic amines) is 1. The summed E-state index contributed by atoms with van der Waals surface area (Å²) in [7, 11) is 0. The van der Waals surface area contributed by atoms with Crippen LogP contribution in [0.15, 0.2) is 24.3 Å². The van der Waals surface area contributed by atoms with E-state index in [-0.39, 0.29) is 5.75 Å². The van der Waals surface area contributed by atoms with E-state index in [1.54, 1.807) is 24.3 Å². The van der Waals surface area contributed by atoms with Gasteiger partial charge in [0.15, 0.2) is 0 Å². The predicted octanol–water partition coefficient (Wildman–Crippen LogP) is 5.01. The molecule has 2 nitrogen and oxygen atoms in total. The largest absolute Gasteiger partial charge is 0.508 e. The number of phenols is 1. The van der Waals surface area contributed by atoms with Crippen LogP contribution in [0.25, 0.3) is 0 Å². The average Bonchev–Trinajstić information content (AvgIpc) is 2.58. The maximum Gasteiger partial charge on any atom is 0.138 e. The van der Waals surface area contributed by atoms with Crippen molar-refractivity contribution in [1.82, 2.24) is 4.90 Å². The van der Waals surface area contributed by atoms with Crippen LogP contribution in [0, 0.1) is 5.92 Å². The molecule has 2 aliphatic rings. The number of hydrogen-bond acceptors (Lipinski definition) is 2. The Balaban J connectivity index is 1.43. The molecule has 1 aliphatic heterocycles. The smallest absolute Gasteiger partial charge is 0.138 e. The first kappa shape index (κ1) is 16.8. The third kappa shape index (κ3) is 4.47. The van der Waals surface area contributed by atoms with Gasteiger partial charge in [0.2, 0.25) is 0 Å². The molecule has 1 aromatic carbocycles. The lowest BCUT2D eigenvalue weighted by Crippen LogP contribution is -2.40. The van der Waals surface area contributed by atoms with Crippen molar-refractivity contribution in [2.24, 2.45) is 5.92 Å². The Hall–Kier alpha value is -1.09. The topological polar surface area (TPSA) is 23.5 Å². The zero-order chi connectivity index (χ0) is 16.1. The van der Waals surface area contributed by atoms with Gasteiger partial charge in [-0.2, -0.15) is 0 Å². The van der Waals surface area contributed by atoms with E-state index < -0.39 is 5.67 Å². The third-order valence-electron chi connectivity index (χ3n) is 5.82. The second-order valence-corrected chi connectivity index (χ2v) is 7.50. The third-order valence-corrected chi connectivity index (χ3v) is 5.82. The van der Waals surface area contributed by atoms with Gasteiger partial charge < -0.3 is 10.0 Å². The summed E-state index contributed by atoms with van der Waals surface area (Å²) in [4.78, 5) is 2.42. The summed E-state index contributed by atoms with van der Waals surface area (Å²) < 4.78 is 15.1. The summed E-state index contributed by atoms with van der Waals surface area (Å²) in [5.74, 6) is 1.11. The Bertz CT molecular complexity index is 490. The van der Waals surface area contributed by atoms with Gasteiger partial charge in [0.05, 0.1) is 0 Å². The number of halogens is 1. The van der Waals surface area contributed by atoms with Gasteiger partial charge in [0.1, 0.15) is 11.4 Å². The SMILES string of the molecule is Oc1cccc(C2(F)CCN(CCCC3CCCCC3)CC2)c1. The molecule has 0 spiro atoms.